The summed E-state index contributed by atoms with van der Waals surface area (Å²) in [7, 11) is 0. The summed E-state index contributed by atoms with van der Waals surface area (Å²) >= 11 is 0. The molecule has 0 fully saturated rings. The summed E-state index contributed by atoms with van der Waals surface area (Å²) in [5.41, 5.74) is 3.41. The standard InChI is InChI=1S/C20H22FN3O/c1-3-10-23(13-16-5-7-17(21)8-6-16)14-18-11-20(25)24-12-15(2)4-9-19(24)22-18/h4-9,11-12H,3,10,13-14H2,1-2H3. The molecule has 0 aliphatic carbocycles. The first-order chi connectivity index (χ1) is 12.0. The third kappa shape index (κ3) is 4.31. The number of pyridine rings is 1. The number of rotatable bonds is 6. The average Bonchev–Trinajstić information content (AvgIpc) is 2.58. The maximum atomic E-state index is 13.1. The molecule has 0 radical (unpaired) electrons. The quantitative estimate of drug-likeness (QED) is 0.689. The number of halogens is 1. The number of benzene rings is 1. The molecule has 3 rings (SSSR count). The summed E-state index contributed by atoms with van der Waals surface area (Å²) in [6, 6.07) is 12.0. The van der Waals surface area contributed by atoms with E-state index in [1.165, 1.54) is 12.1 Å². The summed E-state index contributed by atoms with van der Waals surface area (Å²) in [6.07, 6.45) is 2.80. The van der Waals surface area contributed by atoms with Crippen LogP contribution in [-0.2, 0) is 13.1 Å². The lowest BCUT2D eigenvalue weighted by Crippen LogP contribution is -2.26. The molecule has 4 nitrogen and oxygen atoms in total. The van der Waals surface area contributed by atoms with Gasteiger partial charge < -0.3 is 0 Å². The van der Waals surface area contributed by atoms with Crippen molar-refractivity contribution in [2.75, 3.05) is 6.54 Å². The molecule has 0 bridgehead atoms. The Balaban J connectivity index is 1.84. The van der Waals surface area contributed by atoms with Gasteiger partial charge in [-0.1, -0.05) is 25.1 Å². The molecular weight excluding hydrogens is 317 g/mol. The minimum Gasteiger partial charge on any atom is -0.293 e. The minimum absolute atomic E-state index is 0.0677. The zero-order chi connectivity index (χ0) is 17.8. The smallest absolute Gasteiger partial charge is 0.258 e. The first kappa shape index (κ1) is 17.3. The van der Waals surface area contributed by atoms with Gasteiger partial charge in [-0.05, 0) is 49.2 Å². The molecule has 3 aromatic rings. The number of aromatic nitrogens is 2. The second kappa shape index (κ2) is 7.57. The van der Waals surface area contributed by atoms with Crippen molar-refractivity contribution in [1.82, 2.24) is 14.3 Å². The highest BCUT2D eigenvalue weighted by Crippen LogP contribution is 2.11. The Hall–Kier alpha value is -2.53. The molecule has 1 aromatic carbocycles. The molecule has 0 aliphatic rings. The fourth-order valence-corrected chi connectivity index (χ4v) is 2.95. The Labute approximate surface area is 146 Å². The van der Waals surface area contributed by atoms with Crippen molar-refractivity contribution in [1.29, 1.82) is 0 Å². The molecule has 0 unspecified atom stereocenters. The summed E-state index contributed by atoms with van der Waals surface area (Å²) in [4.78, 5) is 19.2. The van der Waals surface area contributed by atoms with E-state index in [1.807, 2.05) is 19.1 Å². The highest BCUT2D eigenvalue weighted by molar-refractivity contribution is 5.39. The Bertz CT molecular complexity index is 918. The van der Waals surface area contributed by atoms with Crippen LogP contribution in [0, 0.1) is 12.7 Å². The van der Waals surface area contributed by atoms with Gasteiger partial charge in [-0.25, -0.2) is 9.37 Å². The van der Waals surface area contributed by atoms with Crippen LogP contribution in [0.1, 0.15) is 30.2 Å². The van der Waals surface area contributed by atoms with Gasteiger partial charge in [0.05, 0.1) is 5.69 Å². The third-order valence-electron chi connectivity index (χ3n) is 4.11. The lowest BCUT2D eigenvalue weighted by molar-refractivity contribution is 0.254. The SMILES string of the molecule is CCCN(Cc1ccc(F)cc1)Cc1cc(=O)n2cc(C)ccc2n1. The molecule has 0 saturated carbocycles. The maximum absolute atomic E-state index is 13.1. The number of fused-ring (bicyclic) bond motifs is 1. The van der Waals surface area contributed by atoms with Crippen LogP contribution in [0.3, 0.4) is 0 Å². The zero-order valence-corrected chi connectivity index (χ0v) is 14.6. The summed E-state index contributed by atoms with van der Waals surface area (Å²) < 4.78 is 14.7. The molecule has 0 saturated heterocycles. The molecule has 0 spiro atoms. The molecule has 0 amide bonds. The van der Waals surface area contributed by atoms with Crippen LogP contribution < -0.4 is 5.56 Å². The normalized spacial score (nSPS) is 11.4. The highest BCUT2D eigenvalue weighted by Gasteiger charge is 2.10. The molecule has 2 heterocycles. The molecule has 0 aliphatic heterocycles. The van der Waals surface area contributed by atoms with E-state index in [2.05, 4.69) is 16.8 Å². The Kier molecular flexibility index (Phi) is 5.24. The summed E-state index contributed by atoms with van der Waals surface area (Å²) in [6.45, 7) is 6.23. The summed E-state index contributed by atoms with van der Waals surface area (Å²) in [5.74, 6) is -0.231. The van der Waals surface area contributed by atoms with Gasteiger partial charge in [0.25, 0.3) is 5.56 Å². The van der Waals surface area contributed by atoms with E-state index in [9.17, 15) is 9.18 Å². The topological polar surface area (TPSA) is 37.6 Å². The van der Waals surface area contributed by atoms with Crippen LogP contribution in [0.25, 0.3) is 5.65 Å². The largest absolute Gasteiger partial charge is 0.293 e. The van der Waals surface area contributed by atoms with E-state index in [4.69, 9.17) is 0 Å². The Morgan fingerprint density at radius 1 is 1.12 bits per heavy atom. The van der Waals surface area contributed by atoms with Gasteiger partial charge in [0.15, 0.2) is 0 Å². The number of nitrogens with zero attached hydrogens (tertiary/aromatic N) is 3. The monoisotopic (exact) mass is 339 g/mol. The van der Waals surface area contributed by atoms with E-state index in [-0.39, 0.29) is 11.4 Å². The average molecular weight is 339 g/mol. The Morgan fingerprint density at radius 2 is 1.88 bits per heavy atom. The van der Waals surface area contributed by atoms with Gasteiger partial charge >= 0.3 is 0 Å². The first-order valence-electron chi connectivity index (χ1n) is 8.51. The van der Waals surface area contributed by atoms with E-state index in [0.29, 0.717) is 18.7 Å². The molecule has 0 atom stereocenters. The molecule has 5 heteroatoms. The van der Waals surface area contributed by atoms with Crippen molar-refractivity contribution in [2.45, 2.75) is 33.4 Å². The third-order valence-corrected chi connectivity index (χ3v) is 4.11. The predicted molar refractivity (Wildman–Crippen MR) is 97.0 cm³/mol. The lowest BCUT2D eigenvalue weighted by Gasteiger charge is -2.21. The van der Waals surface area contributed by atoms with Gasteiger partial charge in [0.1, 0.15) is 11.5 Å². The van der Waals surface area contributed by atoms with Crippen LogP contribution in [0.4, 0.5) is 4.39 Å². The lowest BCUT2D eigenvalue weighted by atomic mass is 10.2. The molecule has 0 N–H and O–H groups in total. The number of aryl methyl sites for hydroxylation is 1. The summed E-state index contributed by atoms with van der Waals surface area (Å²) in [5, 5.41) is 0. The second-order valence-electron chi connectivity index (χ2n) is 6.36. The van der Waals surface area contributed by atoms with Crippen LogP contribution >= 0.6 is 0 Å². The van der Waals surface area contributed by atoms with Crippen LogP contribution in [0.2, 0.25) is 0 Å². The molecule has 25 heavy (non-hydrogen) atoms. The van der Waals surface area contributed by atoms with Crippen LogP contribution in [0.5, 0.6) is 0 Å². The van der Waals surface area contributed by atoms with Crippen molar-refractivity contribution in [3.8, 4) is 0 Å². The van der Waals surface area contributed by atoms with Crippen LogP contribution in [-0.4, -0.2) is 20.8 Å². The van der Waals surface area contributed by atoms with Crippen molar-refractivity contribution in [2.24, 2.45) is 0 Å². The van der Waals surface area contributed by atoms with E-state index < -0.39 is 0 Å². The zero-order valence-electron chi connectivity index (χ0n) is 14.6. The van der Waals surface area contributed by atoms with Crippen molar-refractivity contribution >= 4 is 5.65 Å². The molecule has 130 valence electrons. The van der Waals surface area contributed by atoms with Crippen molar-refractivity contribution < 1.29 is 4.39 Å². The second-order valence-corrected chi connectivity index (χ2v) is 6.36. The first-order valence-corrected chi connectivity index (χ1v) is 8.51. The van der Waals surface area contributed by atoms with Gasteiger partial charge in [-0.2, -0.15) is 0 Å². The van der Waals surface area contributed by atoms with Crippen LogP contribution in [0.15, 0.2) is 53.5 Å². The predicted octanol–water partition coefficient (Wildman–Crippen LogP) is 3.55. The highest BCUT2D eigenvalue weighted by atomic mass is 19.1. The van der Waals surface area contributed by atoms with Gasteiger partial charge in [0.2, 0.25) is 0 Å². The van der Waals surface area contributed by atoms with Gasteiger partial charge in [0, 0.05) is 25.4 Å². The van der Waals surface area contributed by atoms with Crippen molar-refractivity contribution in [3.63, 3.8) is 0 Å². The fourth-order valence-electron chi connectivity index (χ4n) is 2.95. The number of hydrogen-bond donors (Lipinski definition) is 0. The van der Waals surface area contributed by atoms with E-state index in [1.54, 1.807) is 28.8 Å². The Morgan fingerprint density at radius 3 is 2.60 bits per heavy atom. The fraction of sp³-hybridized carbons (Fsp3) is 0.300. The molecule has 2 aromatic heterocycles. The van der Waals surface area contributed by atoms with E-state index >= 15 is 0 Å². The van der Waals surface area contributed by atoms with Crippen molar-refractivity contribution in [3.05, 3.63) is 81.7 Å². The molecular formula is C20H22FN3O. The maximum Gasteiger partial charge on any atom is 0.258 e. The minimum atomic E-state index is -0.231. The van der Waals surface area contributed by atoms with Gasteiger partial charge in [-0.3, -0.25) is 14.1 Å². The van der Waals surface area contributed by atoms with E-state index in [0.717, 1.165) is 29.8 Å². The number of hydrogen-bond acceptors (Lipinski definition) is 3. The van der Waals surface area contributed by atoms with Gasteiger partial charge in [-0.15, -0.1) is 0 Å².